The summed E-state index contributed by atoms with van der Waals surface area (Å²) in [6.45, 7) is 12.9. The predicted octanol–water partition coefficient (Wildman–Crippen LogP) is 3.90. The van der Waals surface area contributed by atoms with Crippen LogP contribution in [0.3, 0.4) is 0 Å². The van der Waals surface area contributed by atoms with Crippen LogP contribution in [0.25, 0.3) is 0 Å². The van der Waals surface area contributed by atoms with E-state index in [1.54, 1.807) is 19.9 Å². The third-order valence-corrected chi connectivity index (χ3v) is 5.89. The lowest BCUT2D eigenvalue weighted by atomic mass is 9.92. The summed E-state index contributed by atoms with van der Waals surface area (Å²) in [6, 6.07) is 7.78. The van der Waals surface area contributed by atoms with Crippen LogP contribution in [0.1, 0.15) is 66.9 Å². The maximum atomic E-state index is 11.7. The Labute approximate surface area is 208 Å². The molecule has 2 rings (SSSR count). The van der Waals surface area contributed by atoms with Gasteiger partial charge in [-0.1, -0.05) is 17.7 Å². The van der Waals surface area contributed by atoms with Crippen molar-refractivity contribution >= 4 is 17.8 Å². The van der Waals surface area contributed by atoms with E-state index in [0.29, 0.717) is 26.0 Å². The van der Waals surface area contributed by atoms with Gasteiger partial charge in [0, 0.05) is 26.5 Å². The molecule has 194 valence electrons. The lowest BCUT2D eigenvalue weighted by Crippen LogP contribution is -2.43. The Morgan fingerprint density at radius 3 is 2.34 bits per heavy atom. The molecule has 1 aromatic rings. The smallest absolute Gasteiger partial charge is 0.303 e. The number of benzene rings is 1. The van der Waals surface area contributed by atoms with E-state index in [2.05, 4.69) is 5.32 Å². The summed E-state index contributed by atoms with van der Waals surface area (Å²) in [6.07, 6.45) is 2.78. The van der Waals surface area contributed by atoms with E-state index in [1.165, 1.54) is 13.8 Å². The van der Waals surface area contributed by atoms with Crippen molar-refractivity contribution in [3.63, 3.8) is 0 Å². The molecular formula is C27H39NO7. The van der Waals surface area contributed by atoms with Crippen molar-refractivity contribution in [1.82, 2.24) is 5.32 Å². The van der Waals surface area contributed by atoms with E-state index in [-0.39, 0.29) is 12.0 Å². The first-order chi connectivity index (χ1) is 16.3. The van der Waals surface area contributed by atoms with Gasteiger partial charge in [0.25, 0.3) is 0 Å². The quantitative estimate of drug-likeness (QED) is 0.255. The summed E-state index contributed by atoms with van der Waals surface area (Å²) in [7, 11) is 0. The van der Waals surface area contributed by atoms with Crippen molar-refractivity contribution in [3.8, 4) is 5.75 Å². The molecular weight excluding hydrogens is 450 g/mol. The van der Waals surface area contributed by atoms with E-state index < -0.39 is 29.2 Å². The highest BCUT2D eigenvalue weighted by molar-refractivity contribution is 5.88. The van der Waals surface area contributed by atoms with E-state index in [9.17, 15) is 14.4 Å². The Bertz CT molecular complexity index is 918. The summed E-state index contributed by atoms with van der Waals surface area (Å²) in [5, 5.41) is 2.87. The number of esters is 2. The van der Waals surface area contributed by atoms with E-state index >= 15 is 0 Å². The summed E-state index contributed by atoms with van der Waals surface area (Å²) in [5.41, 5.74) is 0.739. The van der Waals surface area contributed by atoms with Crippen LogP contribution in [0.5, 0.6) is 5.75 Å². The van der Waals surface area contributed by atoms with Gasteiger partial charge in [-0.3, -0.25) is 14.4 Å². The molecule has 0 radical (unpaired) electrons. The number of carbonyl (C=O) groups is 3. The number of hydrogen-bond donors (Lipinski definition) is 1. The maximum Gasteiger partial charge on any atom is 0.303 e. The highest BCUT2D eigenvalue weighted by Gasteiger charge is 2.53. The molecule has 1 aliphatic rings. The maximum absolute atomic E-state index is 11.7. The number of allylic oxidation sites excluding steroid dienone is 1. The molecule has 0 spiro atoms. The molecule has 1 heterocycles. The summed E-state index contributed by atoms with van der Waals surface area (Å²) in [4.78, 5) is 34.7. The Kier molecular flexibility index (Phi) is 9.89. The lowest BCUT2D eigenvalue weighted by molar-refractivity contribution is -0.179. The number of carbonyl (C=O) groups excluding carboxylic acids is 3. The van der Waals surface area contributed by atoms with Gasteiger partial charge in [0.1, 0.15) is 30.2 Å². The number of epoxide rings is 1. The molecule has 8 nitrogen and oxygen atoms in total. The van der Waals surface area contributed by atoms with Crippen LogP contribution < -0.4 is 10.1 Å². The van der Waals surface area contributed by atoms with Gasteiger partial charge in [-0.15, -0.1) is 0 Å². The zero-order valence-electron chi connectivity index (χ0n) is 21.9. The van der Waals surface area contributed by atoms with Crippen LogP contribution >= 0.6 is 0 Å². The topological polar surface area (TPSA) is 103 Å². The number of hydrogen-bond acceptors (Lipinski definition) is 7. The van der Waals surface area contributed by atoms with Gasteiger partial charge in [-0.05, 0) is 71.6 Å². The fourth-order valence-electron chi connectivity index (χ4n) is 3.89. The lowest BCUT2D eigenvalue weighted by Gasteiger charge is -2.33. The minimum Gasteiger partial charge on any atom is -0.491 e. The molecule has 0 aliphatic carbocycles. The van der Waals surface area contributed by atoms with Crippen molar-refractivity contribution in [2.45, 2.75) is 91.1 Å². The predicted molar refractivity (Wildman–Crippen MR) is 132 cm³/mol. The Hall–Kier alpha value is -2.87. The summed E-state index contributed by atoms with van der Waals surface area (Å²) >= 11 is 0. The highest BCUT2D eigenvalue weighted by atomic mass is 16.6. The molecule has 1 fully saturated rings. The van der Waals surface area contributed by atoms with Crippen LogP contribution in [0, 0.1) is 0 Å². The largest absolute Gasteiger partial charge is 0.491 e. The van der Waals surface area contributed by atoms with E-state index in [1.807, 2.05) is 45.0 Å². The third kappa shape index (κ3) is 9.72. The van der Waals surface area contributed by atoms with Gasteiger partial charge in [0.2, 0.25) is 5.91 Å². The number of nitrogens with one attached hydrogen (secondary N) is 1. The van der Waals surface area contributed by atoms with Gasteiger partial charge in [-0.2, -0.15) is 0 Å². The van der Waals surface area contributed by atoms with Gasteiger partial charge >= 0.3 is 11.9 Å². The second-order valence-corrected chi connectivity index (χ2v) is 9.97. The zero-order chi connectivity index (χ0) is 26.2. The Morgan fingerprint density at radius 2 is 1.77 bits per heavy atom. The SMILES string of the molecule is CC(=O)O[C@@H](CC[C@]1(C)O[C@@H]1COc1ccc(CCNC(=O)C=C(C)C)cc1)C(C)(C)OC(C)=O. The monoisotopic (exact) mass is 489 g/mol. The van der Waals surface area contributed by atoms with Gasteiger partial charge < -0.3 is 24.3 Å². The van der Waals surface area contributed by atoms with Crippen molar-refractivity contribution < 1.29 is 33.3 Å². The standard InChI is InChI=1S/C27H39NO7/c1-18(2)16-25(31)28-15-13-21-8-10-22(11-9-21)32-17-24-27(7,35-24)14-12-23(33-19(3)29)26(5,6)34-20(4)30/h8-11,16,23-24H,12-15,17H2,1-7H3,(H,28,31)/t23-,24+,27-/m0/s1. The van der Waals surface area contributed by atoms with Crippen LogP contribution in [0.2, 0.25) is 0 Å². The Balaban J connectivity index is 1.79. The van der Waals surface area contributed by atoms with Crippen LogP contribution in [-0.4, -0.2) is 54.4 Å². The molecule has 0 aromatic heterocycles. The van der Waals surface area contributed by atoms with Gasteiger partial charge in [0.05, 0.1) is 5.60 Å². The van der Waals surface area contributed by atoms with Crippen LogP contribution in [0.4, 0.5) is 0 Å². The molecule has 35 heavy (non-hydrogen) atoms. The van der Waals surface area contributed by atoms with Crippen molar-refractivity contribution in [2.75, 3.05) is 13.2 Å². The molecule has 0 unspecified atom stereocenters. The van der Waals surface area contributed by atoms with Crippen LogP contribution in [0.15, 0.2) is 35.9 Å². The molecule has 0 bridgehead atoms. The third-order valence-electron chi connectivity index (χ3n) is 5.89. The second-order valence-electron chi connectivity index (χ2n) is 9.97. The van der Waals surface area contributed by atoms with Crippen LogP contribution in [-0.2, 0) is 35.0 Å². The number of amides is 1. The second kappa shape index (κ2) is 12.2. The molecule has 1 N–H and O–H groups in total. The molecule has 1 amide bonds. The first-order valence-corrected chi connectivity index (χ1v) is 12.0. The molecule has 1 aromatic carbocycles. The minimum atomic E-state index is -0.940. The van der Waals surface area contributed by atoms with Gasteiger partial charge in [0.15, 0.2) is 0 Å². The molecule has 0 saturated carbocycles. The van der Waals surface area contributed by atoms with Crippen molar-refractivity contribution in [3.05, 3.63) is 41.5 Å². The fraction of sp³-hybridized carbons (Fsp3) is 0.593. The molecule has 1 aliphatic heterocycles. The van der Waals surface area contributed by atoms with Crippen molar-refractivity contribution in [2.24, 2.45) is 0 Å². The first-order valence-electron chi connectivity index (χ1n) is 12.0. The number of rotatable bonds is 13. The molecule has 1 saturated heterocycles. The highest BCUT2D eigenvalue weighted by Crippen LogP contribution is 2.42. The number of ether oxygens (including phenoxy) is 4. The average molecular weight is 490 g/mol. The minimum absolute atomic E-state index is 0.0773. The summed E-state index contributed by atoms with van der Waals surface area (Å²) in [5.74, 6) is -0.178. The zero-order valence-corrected chi connectivity index (χ0v) is 21.9. The average Bonchev–Trinajstić information content (AvgIpc) is 3.38. The van der Waals surface area contributed by atoms with E-state index in [0.717, 1.165) is 23.3 Å². The normalized spacial score (nSPS) is 19.8. The molecule has 8 heteroatoms. The molecule has 3 atom stereocenters. The van der Waals surface area contributed by atoms with Gasteiger partial charge in [-0.25, -0.2) is 0 Å². The summed E-state index contributed by atoms with van der Waals surface area (Å²) < 4.78 is 22.6. The first kappa shape index (κ1) is 28.4. The Morgan fingerprint density at radius 1 is 1.11 bits per heavy atom. The van der Waals surface area contributed by atoms with E-state index in [4.69, 9.17) is 18.9 Å². The van der Waals surface area contributed by atoms with Crippen molar-refractivity contribution in [1.29, 1.82) is 0 Å². The fourth-order valence-corrected chi connectivity index (χ4v) is 3.89.